The zero-order valence-corrected chi connectivity index (χ0v) is 12.1. The molecule has 19 heavy (non-hydrogen) atoms. The minimum absolute atomic E-state index is 0.148. The second-order valence-corrected chi connectivity index (χ2v) is 5.45. The van der Waals surface area contributed by atoms with Crippen molar-refractivity contribution in [3.63, 3.8) is 0 Å². The molecule has 0 atom stereocenters. The van der Waals surface area contributed by atoms with Crippen molar-refractivity contribution in [1.82, 2.24) is 0 Å². The minimum Gasteiger partial charge on any atom is -0.515 e. The Labute approximate surface area is 117 Å². The predicted molar refractivity (Wildman–Crippen MR) is 80.3 cm³/mol. The summed E-state index contributed by atoms with van der Waals surface area (Å²) in [6.07, 6.45) is 18.5. The molecule has 108 valence electrons. The Morgan fingerprint density at radius 3 is 1.89 bits per heavy atom. The first-order chi connectivity index (χ1) is 9.34. The molecule has 0 spiro atoms. The molecule has 0 fully saturated rings. The van der Waals surface area contributed by atoms with Gasteiger partial charge in [0.05, 0.1) is 6.26 Å². The maximum atomic E-state index is 11.9. The van der Waals surface area contributed by atoms with E-state index in [2.05, 4.69) is 12.2 Å². The molecule has 1 N–H and O–H groups in total. The van der Waals surface area contributed by atoms with Gasteiger partial charge in [0, 0.05) is 12.0 Å². The van der Waals surface area contributed by atoms with Crippen LogP contribution in [0.4, 0.5) is 0 Å². The van der Waals surface area contributed by atoms with Crippen molar-refractivity contribution in [2.45, 2.75) is 77.0 Å². The molecule has 0 saturated heterocycles. The van der Waals surface area contributed by atoms with Crippen LogP contribution >= 0.6 is 0 Å². The van der Waals surface area contributed by atoms with Gasteiger partial charge >= 0.3 is 0 Å². The average molecular weight is 264 g/mol. The fourth-order valence-corrected chi connectivity index (χ4v) is 2.50. The molecular weight excluding hydrogens is 236 g/mol. The molecule has 0 aromatic rings. The van der Waals surface area contributed by atoms with Crippen molar-refractivity contribution < 1.29 is 9.90 Å². The molecule has 0 aromatic heterocycles. The van der Waals surface area contributed by atoms with Crippen molar-refractivity contribution in [2.75, 3.05) is 0 Å². The molecule has 0 heterocycles. The maximum Gasteiger partial charge on any atom is 0.161 e. The highest BCUT2D eigenvalue weighted by molar-refractivity contribution is 5.94. The summed E-state index contributed by atoms with van der Waals surface area (Å²) in [5.41, 5.74) is 0.631. The van der Waals surface area contributed by atoms with Gasteiger partial charge in [0.25, 0.3) is 0 Å². The van der Waals surface area contributed by atoms with E-state index in [1.807, 2.05) is 0 Å². The number of rotatable bonds is 0. The third-order valence-corrected chi connectivity index (χ3v) is 3.77. The van der Waals surface area contributed by atoms with Crippen LogP contribution in [0.3, 0.4) is 0 Å². The Hall–Kier alpha value is -1.05. The predicted octanol–water partition coefficient (Wildman–Crippen LogP) is 5.25. The number of aliphatic hydroxyl groups is 1. The molecule has 1 aliphatic rings. The minimum atomic E-state index is 0.148. The van der Waals surface area contributed by atoms with E-state index in [-0.39, 0.29) is 5.78 Å². The van der Waals surface area contributed by atoms with Crippen molar-refractivity contribution in [2.24, 2.45) is 0 Å². The third-order valence-electron chi connectivity index (χ3n) is 3.77. The summed E-state index contributed by atoms with van der Waals surface area (Å²) in [7, 11) is 0. The Kier molecular flexibility index (Phi) is 9.13. The summed E-state index contributed by atoms with van der Waals surface area (Å²) < 4.78 is 0. The molecule has 0 aromatic carbocycles. The first-order valence-electron chi connectivity index (χ1n) is 7.86. The highest BCUT2D eigenvalue weighted by atomic mass is 16.2. The highest BCUT2D eigenvalue weighted by Crippen LogP contribution is 2.16. The number of ketones is 1. The monoisotopic (exact) mass is 264 g/mol. The summed E-state index contributed by atoms with van der Waals surface area (Å²) in [6.45, 7) is 0. The number of carbonyl (C=O) groups excluding carboxylic acids is 1. The van der Waals surface area contributed by atoms with E-state index in [1.165, 1.54) is 38.5 Å². The number of carbonyl (C=O) groups is 1. The van der Waals surface area contributed by atoms with E-state index in [4.69, 9.17) is 5.11 Å². The standard InChI is InChI=1S/C17H28O2/c18-15-16-13-11-9-7-5-3-1-2-4-6-8-10-12-14-17(16)19/h1-2,15,18H,3-14H2. The van der Waals surface area contributed by atoms with E-state index >= 15 is 0 Å². The lowest BCUT2D eigenvalue weighted by molar-refractivity contribution is -0.115. The summed E-state index contributed by atoms with van der Waals surface area (Å²) in [5.74, 6) is 0.148. The molecule has 0 radical (unpaired) electrons. The molecule has 0 unspecified atom stereocenters. The van der Waals surface area contributed by atoms with Crippen LogP contribution < -0.4 is 0 Å². The molecule has 2 heteroatoms. The van der Waals surface area contributed by atoms with Crippen LogP contribution in [0.15, 0.2) is 24.0 Å². The van der Waals surface area contributed by atoms with Gasteiger partial charge in [0.15, 0.2) is 5.78 Å². The number of hydrogen-bond donors (Lipinski definition) is 1. The van der Waals surface area contributed by atoms with Gasteiger partial charge in [-0.2, -0.15) is 0 Å². The SMILES string of the molecule is O=C1CCCCCCC=CCCCCCCC1=CO. The number of allylic oxidation sites excluding steroid dienone is 3. The number of Topliss-reactive ketones (excluding diaryl/α,β-unsaturated/α-hetero) is 1. The molecule has 2 nitrogen and oxygen atoms in total. The van der Waals surface area contributed by atoms with Gasteiger partial charge in [-0.3, -0.25) is 4.79 Å². The van der Waals surface area contributed by atoms with Crippen LogP contribution in [0.1, 0.15) is 77.0 Å². The lowest BCUT2D eigenvalue weighted by Crippen LogP contribution is -2.03. The first kappa shape index (κ1) is 16.0. The van der Waals surface area contributed by atoms with E-state index < -0.39 is 0 Å². The lowest BCUT2D eigenvalue weighted by atomic mass is 9.99. The van der Waals surface area contributed by atoms with E-state index in [0.29, 0.717) is 12.0 Å². The van der Waals surface area contributed by atoms with Gasteiger partial charge in [0.1, 0.15) is 0 Å². The Morgan fingerprint density at radius 2 is 1.32 bits per heavy atom. The molecule has 0 saturated carbocycles. The molecule has 0 bridgehead atoms. The Balaban J connectivity index is 2.39. The first-order valence-corrected chi connectivity index (χ1v) is 7.86. The Morgan fingerprint density at radius 1 is 0.789 bits per heavy atom. The van der Waals surface area contributed by atoms with Crippen molar-refractivity contribution in [3.8, 4) is 0 Å². The largest absolute Gasteiger partial charge is 0.515 e. The smallest absolute Gasteiger partial charge is 0.161 e. The van der Waals surface area contributed by atoms with Crippen LogP contribution in [0, 0.1) is 0 Å². The summed E-state index contributed by atoms with van der Waals surface area (Å²) in [5, 5.41) is 9.16. The van der Waals surface area contributed by atoms with E-state index in [0.717, 1.165) is 38.4 Å². The van der Waals surface area contributed by atoms with Gasteiger partial charge in [0.2, 0.25) is 0 Å². The quantitative estimate of drug-likeness (QED) is 0.368. The molecular formula is C17H28O2. The zero-order valence-electron chi connectivity index (χ0n) is 12.1. The third kappa shape index (κ3) is 7.86. The zero-order chi connectivity index (χ0) is 13.8. The van der Waals surface area contributed by atoms with Crippen LogP contribution in [0.5, 0.6) is 0 Å². The summed E-state index contributed by atoms with van der Waals surface area (Å²) >= 11 is 0. The van der Waals surface area contributed by atoms with E-state index in [1.54, 1.807) is 0 Å². The van der Waals surface area contributed by atoms with Gasteiger partial charge in [-0.15, -0.1) is 0 Å². The number of aliphatic hydroxyl groups excluding tert-OH is 1. The van der Waals surface area contributed by atoms with Crippen molar-refractivity contribution in [3.05, 3.63) is 24.0 Å². The molecule has 1 rings (SSSR count). The van der Waals surface area contributed by atoms with Crippen LogP contribution in [-0.2, 0) is 4.79 Å². The average Bonchev–Trinajstić information content (AvgIpc) is 2.42. The van der Waals surface area contributed by atoms with Gasteiger partial charge in [-0.25, -0.2) is 0 Å². The maximum absolute atomic E-state index is 11.9. The molecule has 1 aliphatic carbocycles. The fourth-order valence-electron chi connectivity index (χ4n) is 2.50. The lowest BCUT2D eigenvalue weighted by Gasteiger charge is -2.06. The van der Waals surface area contributed by atoms with Crippen molar-refractivity contribution >= 4 is 5.78 Å². The van der Waals surface area contributed by atoms with Crippen molar-refractivity contribution in [1.29, 1.82) is 0 Å². The van der Waals surface area contributed by atoms with Gasteiger partial charge < -0.3 is 5.11 Å². The highest BCUT2D eigenvalue weighted by Gasteiger charge is 2.09. The van der Waals surface area contributed by atoms with Crippen LogP contribution in [-0.4, -0.2) is 10.9 Å². The summed E-state index contributed by atoms with van der Waals surface area (Å²) in [4.78, 5) is 11.9. The number of hydrogen-bond acceptors (Lipinski definition) is 2. The normalized spacial score (nSPS) is 23.6. The fraction of sp³-hybridized carbons (Fsp3) is 0.706. The van der Waals surface area contributed by atoms with Crippen LogP contribution in [0.2, 0.25) is 0 Å². The molecule has 0 aliphatic heterocycles. The van der Waals surface area contributed by atoms with E-state index in [9.17, 15) is 4.79 Å². The second-order valence-electron chi connectivity index (χ2n) is 5.45. The topological polar surface area (TPSA) is 37.3 Å². The summed E-state index contributed by atoms with van der Waals surface area (Å²) in [6, 6.07) is 0. The van der Waals surface area contributed by atoms with Crippen LogP contribution in [0.25, 0.3) is 0 Å². The second kappa shape index (κ2) is 10.8. The van der Waals surface area contributed by atoms with Gasteiger partial charge in [-0.1, -0.05) is 37.8 Å². The molecule has 0 amide bonds. The van der Waals surface area contributed by atoms with Gasteiger partial charge in [-0.05, 0) is 44.9 Å². The Bertz CT molecular complexity index is 302.